The van der Waals surface area contributed by atoms with Crippen LogP contribution in [0.1, 0.15) is 19.3 Å². The molecule has 1 amide bonds. The van der Waals surface area contributed by atoms with Gasteiger partial charge in [0.2, 0.25) is 5.91 Å². The first-order valence-corrected chi connectivity index (χ1v) is 3.72. The summed E-state index contributed by atoms with van der Waals surface area (Å²) in [5.41, 5.74) is 0. The fourth-order valence-electron chi connectivity index (χ4n) is 1.18. The Morgan fingerprint density at radius 2 is 2.40 bits per heavy atom. The van der Waals surface area contributed by atoms with Crippen LogP contribution in [-0.2, 0) is 4.79 Å². The van der Waals surface area contributed by atoms with Crippen molar-refractivity contribution in [1.82, 2.24) is 5.32 Å². The molecule has 1 atom stereocenters. The Labute approximate surface area is 61.3 Å². The number of rotatable bonds is 1. The zero-order valence-electron chi connectivity index (χ0n) is 6.10. The monoisotopic (exact) mass is 139 g/mol. The lowest BCUT2D eigenvalue weighted by Gasteiger charge is -2.03. The van der Waals surface area contributed by atoms with Crippen molar-refractivity contribution < 1.29 is 4.79 Å². The molecule has 0 aromatic rings. The zero-order chi connectivity index (χ0) is 7.40. The van der Waals surface area contributed by atoms with E-state index < -0.39 is 0 Å². The summed E-state index contributed by atoms with van der Waals surface area (Å²) in [7, 11) is 0. The number of nitrogens with one attached hydrogen (secondary N) is 1. The van der Waals surface area contributed by atoms with Crippen molar-refractivity contribution >= 4 is 5.91 Å². The summed E-state index contributed by atoms with van der Waals surface area (Å²) in [5.74, 6) is 0.725. The topological polar surface area (TPSA) is 29.1 Å². The van der Waals surface area contributed by atoms with Gasteiger partial charge in [-0.15, -0.1) is 6.58 Å². The smallest absolute Gasteiger partial charge is 0.220 e. The molecule has 1 aliphatic heterocycles. The highest BCUT2D eigenvalue weighted by Gasteiger charge is 2.12. The Balaban J connectivity index is 2.40. The molecule has 0 aliphatic carbocycles. The summed E-state index contributed by atoms with van der Waals surface area (Å²) in [5, 5.41) is 2.82. The predicted octanol–water partition coefficient (Wildman–Crippen LogP) is 1.09. The third-order valence-corrected chi connectivity index (χ3v) is 1.91. The maximum absolute atomic E-state index is 10.8. The van der Waals surface area contributed by atoms with Gasteiger partial charge in [-0.05, 0) is 18.8 Å². The van der Waals surface area contributed by atoms with E-state index in [-0.39, 0.29) is 5.91 Å². The maximum atomic E-state index is 10.8. The Morgan fingerprint density at radius 1 is 1.60 bits per heavy atom. The van der Waals surface area contributed by atoms with Gasteiger partial charge in [0, 0.05) is 13.0 Å². The standard InChI is InChI=1S/C8H13NO/c1-2-7-3-4-8(10)9-6-5-7/h2,7H,1,3-6H2,(H,9,10)/t7-/m0/s1. The molecule has 0 radical (unpaired) electrons. The van der Waals surface area contributed by atoms with Crippen molar-refractivity contribution in [2.75, 3.05) is 6.54 Å². The molecule has 0 bridgehead atoms. The van der Waals surface area contributed by atoms with Crippen LogP contribution in [-0.4, -0.2) is 12.5 Å². The van der Waals surface area contributed by atoms with Gasteiger partial charge in [-0.1, -0.05) is 6.08 Å². The van der Waals surface area contributed by atoms with E-state index in [0.29, 0.717) is 12.3 Å². The second kappa shape index (κ2) is 3.40. The molecule has 0 aromatic carbocycles. The van der Waals surface area contributed by atoms with E-state index in [1.165, 1.54) is 0 Å². The third kappa shape index (κ3) is 1.87. The first-order valence-electron chi connectivity index (χ1n) is 3.72. The van der Waals surface area contributed by atoms with Gasteiger partial charge in [0.05, 0.1) is 0 Å². The van der Waals surface area contributed by atoms with E-state index >= 15 is 0 Å². The van der Waals surface area contributed by atoms with Gasteiger partial charge < -0.3 is 5.32 Å². The van der Waals surface area contributed by atoms with Crippen molar-refractivity contribution in [2.45, 2.75) is 19.3 Å². The molecule has 0 spiro atoms. The third-order valence-electron chi connectivity index (χ3n) is 1.91. The zero-order valence-corrected chi connectivity index (χ0v) is 6.10. The van der Waals surface area contributed by atoms with Crippen molar-refractivity contribution in [3.63, 3.8) is 0 Å². The van der Waals surface area contributed by atoms with Crippen molar-refractivity contribution in [3.05, 3.63) is 12.7 Å². The number of carbonyl (C=O) groups excluding carboxylic acids is 1. The van der Waals surface area contributed by atoms with Crippen LogP contribution in [0.15, 0.2) is 12.7 Å². The molecule has 1 heterocycles. The molecule has 56 valence electrons. The van der Waals surface area contributed by atoms with Crippen LogP contribution in [0, 0.1) is 5.92 Å². The fraction of sp³-hybridized carbons (Fsp3) is 0.625. The first kappa shape index (κ1) is 7.32. The highest BCUT2D eigenvalue weighted by atomic mass is 16.1. The molecular formula is C8H13NO. The van der Waals surface area contributed by atoms with Crippen LogP contribution in [0.25, 0.3) is 0 Å². The summed E-state index contributed by atoms with van der Waals surface area (Å²) in [6.45, 7) is 4.53. The van der Waals surface area contributed by atoms with Gasteiger partial charge in [-0.25, -0.2) is 0 Å². The molecule has 0 unspecified atom stereocenters. The van der Waals surface area contributed by atoms with Crippen LogP contribution in [0.2, 0.25) is 0 Å². The summed E-state index contributed by atoms with van der Waals surface area (Å²) >= 11 is 0. The Bertz CT molecular complexity index is 142. The Morgan fingerprint density at radius 3 is 3.10 bits per heavy atom. The van der Waals surface area contributed by atoms with Gasteiger partial charge in [-0.2, -0.15) is 0 Å². The van der Waals surface area contributed by atoms with Crippen LogP contribution in [0.5, 0.6) is 0 Å². The number of hydrogen-bond donors (Lipinski definition) is 1. The molecule has 0 saturated carbocycles. The van der Waals surface area contributed by atoms with Crippen LogP contribution >= 0.6 is 0 Å². The predicted molar refractivity (Wildman–Crippen MR) is 40.5 cm³/mol. The molecule has 1 aliphatic rings. The summed E-state index contributed by atoms with van der Waals surface area (Å²) < 4.78 is 0. The van der Waals surface area contributed by atoms with E-state index in [0.717, 1.165) is 19.4 Å². The van der Waals surface area contributed by atoms with Gasteiger partial charge in [0.1, 0.15) is 0 Å². The molecule has 1 rings (SSSR count). The minimum atomic E-state index is 0.185. The van der Waals surface area contributed by atoms with E-state index in [2.05, 4.69) is 11.9 Å². The molecule has 1 saturated heterocycles. The summed E-state index contributed by atoms with van der Waals surface area (Å²) in [6.07, 6.45) is 4.63. The first-order chi connectivity index (χ1) is 4.83. The molecular weight excluding hydrogens is 126 g/mol. The largest absolute Gasteiger partial charge is 0.356 e. The Kier molecular flexibility index (Phi) is 2.49. The molecule has 0 aromatic heterocycles. The Hall–Kier alpha value is -0.790. The normalized spacial score (nSPS) is 26.8. The van der Waals surface area contributed by atoms with Crippen LogP contribution in [0.4, 0.5) is 0 Å². The SMILES string of the molecule is C=C[C@@H]1CCNC(=O)CC1. The van der Waals surface area contributed by atoms with Gasteiger partial charge in [0.15, 0.2) is 0 Å². The molecule has 1 fully saturated rings. The van der Waals surface area contributed by atoms with Crippen LogP contribution in [0.3, 0.4) is 0 Å². The minimum absolute atomic E-state index is 0.185. The van der Waals surface area contributed by atoms with Crippen molar-refractivity contribution in [1.29, 1.82) is 0 Å². The lowest BCUT2D eigenvalue weighted by molar-refractivity contribution is -0.120. The number of amides is 1. The number of hydrogen-bond acceptors (Lipinski definition) is 1. The van der Waals surface area contributed by atoms with E-state index in [9.17, 15) is 4.79 Å². The second-order valence-corrected chi connectivity index (χ2v) is 2.67. The van der Waals surface area contributed by atoms with Gasteiger partial charge in [-0.3, -0.25) is 4.79 Å². The fourth-order valence-corrected chi connectivity index (χ4v) is 1.18. The van der Waals surface area contributed by atoms with Crippen molar-refractivity contribution in [2.24, 2.45) is 5.92 Å². The molecule has 1 N–H and O–H groups in total. The summed E-state index contributed by atoms with van der Waals surface area (Å²) in [6, 6.07) is 0. The van der Waals surface area contributed by atoms with Crippen molar-refractivity contribution in [3.8, 4) is 0 Å². The molecule has 10 heavy (non-hydrogen) atoms. The highest BCUT2D eigenvalue weighted by molar-refractivity contribution is 5.76. The quantitative estimate of drug-likeness (QED) is 0.541. The lowest BCUT2D eigenvalue weighted by atomic mass is 10.0. The number of carbonyl (C=O) groups is 1. The molecule has 2 heteroatoms. The van der Waals surface area contributed by atoms with Gasteiger partial charge >= 0.3 is 0 Å². The average Bonchev–Trinajstić information content (AvgIpc) is 2.14. The van der Waals surface area contributed by atoms with E-state index in [4.69, 9.17) is 0 Å². The van der Waals surface area contributed by atoms with Crippen LogP contribution < -0.4 is 5.32 Å². The summed E-state index contributed by atoms with van der Waals surface area (Å²) in [4.78, 5) is 10.8. The average molecular weight is 139 g/mol. The lowest BCUT2D eigenvalue weighted by Crippen LogP contribution is -2.21. The highest BCUT2D eigenvalue weighted by Crippen LogP contribution is 2.13. The second-order valence-electron chi connectivity index (χ2n) is 2.67. The van der Waals surface area contributed by atoms with E-state index in [1.54, 1.807) is 0 Å². The minimum Gasteiger partial charge on any atom is -0.356 e. The van der Waals surface area contributed by atoms with E-state index in [1.807, 2.05) is 6.08 Å². The van der Waals surface area contributed by atoms with Gasteiger partial charge in [0.25, 0.3) is 0 Å². The number of allylic oxidation sites excluding steroid dienone is 1. The maximum Gasteiger partial charge on any atom is 0.220 e. The molecule has 2 nitrogen and oxygen atoms in total.